The minimum Gasteiger partial charge on any atom is -0.458 e. The molecule has 6 nitrogen and oxygen atoms in total. The molecule has 2 heterocycles. The molecule has 0 aromatic heterocycles. The topological polar surface area (TPSA) is 85.4 Å². The smallest absolute Gasteiger partial charge is 0.334 e. The average molecular weight is 320 g/mol. The molecule has 7 atom stereocenters. The highest BCUT2D eigenvalue weighted by molar-refractivity contribution is 5.91. The van der Waals surface area contributed by atoms with E-state index in [2.05, 4.69) is 6.58 Å². The lowest BCUT2D eigenvalue weighted by molar-refractivity contribution is -0.152. The summed E-state index contributed by atoms with van der Waals surface area (Å²) < 4.78 is 16.7. The summed E-state index contributed by atoms with van der Waals surface area (Å²) in [5.74, 6) is -1.85. The number of esters is 2. The van der Waals surface area contributed by atoms with E-state index in [1.807, 2.05) is 13.8 Å². The molecular formula is C17H20O6. The van der Waals surface area contributed by atoms with E-state index in [4.69, 9.17) is 14.2 Å². The summed E-state index contributed by atoms with van der Waals surface area (Å²) in [6.07, 6.45) is 0.860. The van der Waals surface area contributed by atoms with Gasteiger partial charge in [-0.15, -0.1) is 0 Å². The molecular weight excluding hydrogens is 300 g/mol. The summed E-state index contributed by atoms with van der Waals surface area (Å²) >= 11 is 0. The quantitative estimate of drug-likeness (QED) is 0.334. The van der Waals surface area contributed by atoms with E-state index in [9.17, 15) is 14.7 Å². The van der Waals surface area contributed by atoms with Crippen molar-refractivity contribution in [2.75, 3.05) is 0 Å². The molecule has 1 N–H and O–H groups in total. The molecule has 0 aromatic carbocycles. The minimum atomic E-state index is -1.12. The van der Waals surface area contributed by atoms with Crippen molar-refractivity contribution in [3.8, 4) is 0 Å². The lowest BCUT2D eigenvalue weighted by Crippen LogP contribution is -2.49. The van der Waals surface area contributed by atoms with Crippen molar-refractivity contribution < 1.29 is 28.9 Å². The van der Waals surface area contributed by atoms with Crippen molar-refractivity contribution in [2.45, 2.75) is 56.7 Å². The Morgan fingerprint density at radius 2 is 2.22 bits per heavy atom. The molecule has 4 rings (SSSR count). The maximum Gasteiger partial charge on any atom is 0.334 e. The van der Waals surface area contributed by atoms with Crippen LogP contribution in [-0.4, -0.2) is 46.6 Å². The molecule has 23 heavy (non-hydrogen) atoms. The van der Waals surface area contributed by atoms with Crippen LogP contribution < -0.4 is 0 Å². The molecule has 0 spiro atoms. The molecule has 2 saturated heterocycles. The molecule has 124 valence electrons. The standard InChI is InChI=1S/C17H20O6/c1-7-5-10(21-9(3)18)12-8(2)15(19)22-13(12)14-16(4)11(23-16)6-17(7,14)20/h5,10-14,20H,2,6H2,1,3-4H3. The Morgan fingerprint density at radius 3 is 2.87 bits per heavy atom. The first kappa shape index (κ1) is 14.9. The molecule has 0 amide bonds. The van der Waals surface area contributed by atoms with E-state index in [-0.39, 0.29) is 11.7 Å². The molecule has 0 aromatic rings. The van der Waals surface area contributed by atoms with Gasteiger partial charge in [0.05, 0.1) is 23.5 Å². The number of fused-ring (bicyclic) bond motifs is 5. The van der Waals surface area contributed by atoms with Crippen LogP contribution in [0.3, 0.4) is 0 Å². The zero-order valence-corrected chi connectivity index (χ0v) is 13.4. The molecule has 7 unspecified atom stereocenters. The molecule has 0 bridgehead atoms. The van der Waals surface area contributed by atoms with Crippen LogP contribution in [0.25, 0.3) is 0 Å². The van der Waals surface area contributed by atoms with Gasteiger partial charge in [0.25, 0.3) is 0 Å². The second-order valence-corrected chi connectivity index (χ2v) is 7.24. The highest BCUT2D eigenvalue weighted by atomic mass is 16.6. The van der Waals surface area contributed by atoms with Crippen LogP contribution in [0.2, 0.25) is 0 Å². The van der Waals surface area contributed by atoms with Crippen LogP contribution in [0, 0.1) is 11.8 Å². The summed E-state index contributed by atoms with van der Waals surface area (Å²) in [6, 6.07) is 0. The first-order valence-electron chi connectivity index (χ1n) is 7.84. The van der Waals surface area contributed by atoms with E-state index in [0.29, 0.717) is 6.42 Å². The number of rotatable bonds is 1. The number of ether oxygens (including phenoxy) is 3. The second-order valence-electron chi connectivity index (χ2n) is 7.24. The highest BCUT2D eigenvalue weighted by Gasteiger charge is 2.76. The Balaban J connectivity index is 1.84. The van der Waals surface area contributed by atoms with Gasteiger partial charge in [-0.25, -0.2) is 4.79 Å². The Labute approximate surface area is 134 Å². The monoisotopic (exact) mass is 320 g/mol. The molecule has 1 saturated carbocycles. The third-order valence-electron chi connectivity index (χ3n) is 5.95. The zero-order valence-electron chi connectivity index (χ0n) is 13.4. The summed E-state index contributed by atoms with van der Waals surface area (Å²) in [6.45, 7) is 8.90. The van der Waals surface area contributed by atoms with Crippen molar-refractivity contribution >= 4 is 11.9 Å². The van der Waals surface area contributed by atoms with Crippen LogP contribution in [0.15, 0.2) is 23.8 Å². The number of carbonyl (C=O) groups excluding carboxylic acids is 2. The summed E-state index contributed by atoms with van der Waals surface area (Å²) in [5, 5.41) is 11.3. The summed E-state index contributed by atoms with van der Waals surface area (Å²) in [5.41, 5.74) is -0.644. The molecule has 0 radical (unpaired) electrons. The van der Waals surface area contributed by atoms with E-state index in [1.165, 1.54) is 6.92 Å². The van der Waals surface area contributed by atoms with Crippen molar-refractivity contribution in [1.82, 2.24) is 0 Å². The molecule has 2 aliphatic heterocycles. The van der Waals surface area contributed by atoms with Crippen LogP contribution in [0.1, 0.15) is 27.2 Å². The Hall–Kier alpha value is -1.66. The van der Waals surface area contributed by atoms with E-state index in [0.717, 1.165) is 5.57 Å². The van der Waals surface area contributed by atoms with E-state index in [1.54, 1.807) is 6.08 Å². The second kappa shape index (κ2) is 4.24. The lowest BCUT2D eigenvalue weighted by Gasteiger charge is -2.37. The van der Waals surface area contributed by atoms with Gasteiger partial charge in [0.15, 0.2) is 0 Å². The van der Waals surface area contributed by atoms with Gasteiger partial charge in [-0.1, -0.05) is 6.58 Å². The maximum atomic E-state index is 12.1. The normalized spacial score (nSPS) is 50.3. The predicted octanol–water partition coefficient (Wildman–Crippen LogP) is 0.884. The minimum absolute atomic E-state index is 0.0423. The number of epoxide rings is 1. The van der Waals surface area contributed by atoms with E-state index >= 15 is 0 Å². The van der Waals surface area contributed by atoms with E-state index < -0.39 is 47.2 Å². The first-order chi connectivity index (χ1) is 10.7. The molecule has 3 fully saturated rings. The number of aliphatic hydroxyl groups is 1. The van der Waals surface area contributed by atoms with Crippen molar-refractivity contribution in [1.29, 1.82) is 0 Å². The van der Waals surface area contributed by atoms with Crippen LogP contribution >= 0.6 is 0 Å². The van der Waals surface area contributed by atoms with Crippen molar-refractivity contribution in [3.63, 3.8) is 0 Å². The number of carbonyl (C=O) groups is 2. The van der Waals surface area contributed by atoms with Gasteiger partial charge >= 0.3 is 11.9 Å². The van der Waals surface area contributed by atoms with Crippen LogP contribution in [-0.2, 0) is 23.8 Å². The molecule has 2 aliphatic carbocycles. The third kappa shape index (κ3) is 1.76. The highest BCUT2D eigenvalue weighted by Crippen LogP contribution is 2.64. The van der Waals surface area contributed by atoms with Gasteiger partial charge < -0.3 is 19.3 Å². The van der Waals surface area contributed by atoms with Gasteiger partial charge in [-0.3, -0.25) is 4.79 Å². The lowest BCUT2D eigenvalue weighted by atomic mass is 9.74. The van der Waals surface area contributed by atoms with Crippen LogP contribution in [0.5, 0.6) is 0 Å². The molecule has 4 aliphatic rings. The summed E-state index contributed by atoms with van der Waals surface area (Å²) in [4.78, 5) is 23.6. The van der Waals surface area contributed by atoms with Gasteiger partial charge in [-0.2, -0.15) is 0 Å². The fraction of sp³-hybridized carbons (Fsp3) is 0.647. The summed E-state index contributed by atoms with van der Waals surface area (Å²) in [7, 11) is 0. The third-order valence-corrected chi connectivity index (χ3v) is 5.95. The maximum absolute atomic E-state index is 12.1. The largest absolute Gasteiger partial charge is 0.458 e. The van der Waals surface area contributed by atoms with Crippen LogP contribution in [0.4, 0.5) is 0 Å². The van der Waals surface area contributed by atoms with Gasteiger partial charge in [0, 0.05) is 18.9 Å². The van der Waals surface area contributed by atoms with Gasteiger partial charge in [-0.05, 0) is 25.5 Å². The Kier molecular flexibility index (Phi) is 2.75. The number of hydrogen-bond donors (Lipinski definition) is 1. The van der Waals surface area contributed by atoms with Crippen molar-refractivity contribution in [2.24, 2.45) is 11.8 Å². The predicted molar refractivity (Wildman–Crippen MR) is 78.2 cm³/mol. The van der Waals surface area contributed by atoms with Gasteiger partial charge in [0.2, 0.25) is 0 Å². The fourth-order valence-corrected chi connectivity index (χ4v) is 4.74. The van der Waals surface area contributed by atoms with Gasteiger partial charge in [0.1, 0.15) is 17.8 Å². The Morgan fingerprint density at radius 1 is 1.52 bits per heavy atom. The average Bonchev–Trinajstić information content (AvgIpc) is 2.89. The first-order valence-corrected chi connectivity index (χ1v) is 7.84. The molecule has 6 heteroatoms. The number of hydrogen-bond acceptors (Lipinski definition) is 6. The Bertz CT molecular complexity index is 666. The van der Waals surface area contributed by atoms with Crippen molar-refractivity contribution in [3.05, 3.63) is 23.8 Å². The SMILES string of the molecule is C=C1C(=O)OC2C1C(OC(C)=O)C=C(C)C1(O)CC3OC3(C)C21. The fourth-order valence-electron chi connectivity index (χ4n) is 4.74. The zero-order chi connectivity index (χ0) is 16.7.